The maximum atomic E-state index is 13.0. The number of aliphatic hydroxyl groups is 1. The Bertz CT molecular complexity index is 534. The topological polar surface area (TPSA) is 20.2 Å². The van der Waals surface area contributed by atoms with Crippen LogP contribution < -0.4 is 0 Å². The highest BCUT2D eigenvalue weighted by molar-refractivity contribution is 6.30. The van der Waals surface area contributed by atoms with E-state index in [-0.39, 0.29) is 5.82 Å². The van der Waals surface area contributed by atoms with Crippen molar-refractivity contribution < 1.29 is 9.50 Å². The Kier molecular flexibility index (Phi) is 4.00. The molecule has 0 aromatic heterocycles. The van der Waals surface area contributed by atoms with Gasteiger partial charge in [-0.15, -0.1) is 0 Å². The van der Waals surface area contributed by atoms with Gasteiger partial charge in [0.25, 0.3) is 0 Å². The molecule has 1 N–H and O–H groups in total. The Morgan fingerprint density at radius 1 is 1.22 bits per heavy atom. The lowest BCUT2D eigenvalue weighted by Crippen LogP contribution is -2.02. The Balaban J connectivity index is 2.19. The van der Waals surface area contributed by atoms with E-state index in [2.05, 4.69) is 0 Å². The van der Waals surface area contributed by atoms with Crippen LogP contribution in [0.5, 0.6) is 0 Å². The Labute approximate surface area is 111 Å². The van der Waals surface area contributed by atoms with Crippen LogP contribution in [-0.4, -0.2) is 5.11 Å². The summed E-state index contributed by atoms with van der Waals surface area (Å²) in [7, 11) is 0. The van der Waals surface area contributed by atoms with Gasteiger partial charge in [0, 0.05) is 11.4 Å². The molecule has 1 atom stereocenters. The third-order valence-corrected chi connectivity index (χ3v) is 2.99. The normalized spacial score (nSPS) is 12.4. The summed E-state index contributed by atoms with van der Waals surface area (Å²) in [6.45, 7) is 1.92. The van der Waals surface area contributed by atoms with Crippen LogP contribution in [0, 0.1) is 12.7 Å². The Morgan fingerprint density at radius 3 is 2.67 bits per heavy atom. The van der Waals surface area contributed by atoms with Crippen molar-refractivity contribution in [3.05, 3.63) is 70.0 Å². The molecule has 2 aromatic carbocycles. The number of aliphatic hydroxyl groups excluding tert-OH is 1. The van der Waals surface area contributed by atoms with Gasteiger partial charge in [0.2, 0.25) is 0 Å². The minimum Gasteiger partial charge on any atom is -0.388 e. The molecular weight excluding hydrogens is 251 g/mol. The quantitative estimate of drug-likeness (QED) is 0.886. The van der Waals surface area contributed by atoms with Crippen LogP contribution in [0.3, 0.4) is 0 Å². The maximum Gasteiger partial charge on any atom is 0.123 e. The monoisotopic (exact) mass is 264 g/mol. The standard InChI is InChI=1S/C15H14ClFO/c1-10-5-12(9-13(16)6-10)15(18)8-11-3-2-4-14(17)7-11/h2-7,9,15,18H,8H2,1H3. The highest BCUT2D eigenvalue weighted by Gasteiger charge is 2.10. The second kappa shape index (κ2) is 5.51. The molecule has 0 heterocycles. The highest BCUT2D eigenvalue weighted by Crippen LogP contribution is 2.23. The van der Waals surface area contributed by atoms with Crippen molar-refractivity contribution in [3.63, 3.8) is 0 Å². The van der Waals surface area contributed by atoms with Gasteiger partial charge in [0.1, 0.15) is 5.82 Å². The van der Waals surface area contributed by atoms with E-state index in [1.807, 2.05) is 19.1 Å². The Morgan fingerprint density at radius 2 is 2.00 bits per heavy atom. The summed E-state index contributed by atoms with van der Waals surface area (Å²) in [6, 6.07) is 11.7. The van der Waals surface area contributed by atoms with E-state index in [0.29, 0.717) is 11.4 Å². The SMILES string of the molecule is Cc1cc(Cl)cc(C(O)Cc2cccc(F)c2)c1. The number of aryl methyl sites for hydroxylation is 1. The van der Waals surface area contributed by atoms with Crippen LogP contribution in [0.2, 0.25) is 5.02 Å². The summed E-state index contributed by atoms with van der Waals surface area (Å²) in [6.07, 6.45) is -0.304. The first-order valence-electron chi connectivity index (χ1n) is 5.74. The van der Waals surface area contributed by atoms with Gasteiger partial charge < -0.3 is 5.11 Å². The third-order valence-electron chi connectivity index (χ3n) is 2.77. The van der Waals surface area contributed by atoms with Gasteiger partial charge in [-0.2, -0.15) is 0 Å². The minimum atomic E-state index is -0.677. The molecule has 0 fully saturated rings. The first-order chi connectivity index (χ1) is 8.54. The zero-order valence-electron chi connectivity index (χ0n) is 10.0. The molecule has 0 spiro atoms. The fourth-order valence-electron chi connectivity index (χ4n) is 1.96. The maximum absolute atomic E-state index is 13.0. The van der Waals surface area contributed by atoms with Crippen LogP contribution in [0.4, 0.5) is 4.39 Å². The molecule has 3 heteroatoms. The van der Waals surface area contributed by atoms with Crippen LogP contribution in [0.1, 0.15) is 22.8 Å². The smallest absolute Gasteiger partial charge is 0.123 e. The van der Waals surface area contributed by atoms with Gasteiger partial charge >= 0.3 is 0 Å². The van der Waals surface area contributed by atoms with E-state index < -0.39 is 6.10 Å². The average molecular weight is 265 g/mol. The van der Waals surface area contributed by atoms with Crippen LogP contribution >= 0.6 is 11.6 Å². The summed E-state index contributed by atoms with van der Waals surface area (Å²) in [5, 5.41) is 10.7. The van der Waals surface area contributed by atoms with E-state index in [0.717, 1.165) is 16.7 Å². The number of halogens is 2. The lowest BCUT2D eigenvalue weighted by Gasteiger charge is -2.12. The number of benzene rings is 2. The minimum absolute atomic E-state index is 0.290. The van der Waals surface area contributed by atoms with Crippen molar-refractivity contribution in [1.82, 2.24) is 0 Å². The van der Waals surface area contributed by atoms with Crippen molar-refractivity contribution in [1.29, 1.82) is 0 Å². The molecule has 94 valence electrons. The molecule has 1 nitrogen and oxygen atoms in total. The summed E-state index contributed by atoms with van der Waals surface area (Å²) in [5.74, 6) is -0.290. The van der Waals surface area contributed by atoms with E-state index >= 15 is 0 Å². The summed E-state index contributed by atoms with van der Waals surface area (Å²) >= 11 is 5.95. The van der Waals surface area contributed by atoms with E-state index in [1.165, 1.54) is 12.1 Å². The molecular formula is C15H14ClFO. The van der Waals surface area contributed by atoms with Crippen LogP contribution in [0.25, 0.3) is 0 Å². The molecule has 18 heavy (non-hydrogen) atoms. The van der Waals surface area contributed by atoms with Crippen molar-refractivity contribution in [2.45, 2.75) is 19.4 Å². The highest BCUT2D eigenvalue weighted by atomic mass is 35.5. The van der Waals surface area contributed by atoms with Gasteiger partial charge in [-0.3, -0.25) is 0 Å². The zero-order valence-corrected chi connectivity index (χ0v) is 10.8. The molecule has 0 aliphatic heterocycles. The molecule has 0 radical (unpaired) electrons. The summed E-state index contributed by atoms with van der Waals surface area (Å²) in [5.41, 5.74) is 2.51. The van der Waals surface area contributed by atoms with Crippen molar-refractivity contribution in [2.75, 3.05) is 0 Å². The number of hydrogen-bond donors (Lipinski definition) is 1. The molecule has 0 aliphatic rings. The summed E-state index contributed by atoms with van der Waals surface area (Å²) < 4.78 is 13.0. The first-order valence-corrected chi connectivity index (χ1v) is 6.12. The van der Waals surface area contributed by atoms with Crippen molar-refractivity contribution in [2.24, 2.45) is 0 Å². The molecule has 0 aliphatic carbocycles. The van der Waals surface area contributed by atoms with E-state index in [1.54, 1.807) is 18.2 Å². The predicted molar refractivity (Wildman–Crippen MR) is 71.3 cm³/mol. The molecule has 0 bridgehead atoms. The lowest BCUT2D eigenvalue weighted by atomic mass is 10.00. The van der Waals surface area contributed by atoms with Crippen molar-refractivity contribution in [3.8, 4) is 0 Å². The molecule has 2 aromatic rings. The molecule has 1 unspecified atom stereocenters. The van der Waals surface area contributed by atoms with Gasteiger partial charge in [0.15, 0.2) is 0 Å². The second-order valence-electron chi connectivity index (χ2n) is 4.41. The lowest BCUT2D eigenvalue weighted by molar-refractivity contribution is 0.178. The number of hydrogen-bond acceptors (Lipinski definition) is 1. The Hall–Kier alpha value is -1.38. The largest absolute Gasteiger partial charge is 0.388 e. The predicted octanol–water partition coefficient (Wildman–Crippen LogP) is 4.06. The first kappa shape index (κ1) is 13.1. The van der Waals surface area contributed by atoms with E-state index in [4.69, 9.17) is 11.6 Å². The van der Waals surface area contributed by atoms with Crippen LogP contribution in [-0.2, 0) is 6.42 Å². The third kappa shape index (κ3) is 3.31. The van der Waals surface area contributed by atoms with Gasteiger partial charge in [-0.05, 0) is 47.9 Å². The van der Waals surface area contributed by atoms with Crippen molar-refractivity contribution >= 4 is 11.6 Å². The fourth-order valence-corrected chi connectivity index (χ4v) is 2.26. The van der Waals surface area contributed by atoms with Gasteiger partial charge in [-0.25, -0.2) is 4.39 Å². The van der Waals surface area contributed by atoms with Crippen LogP contribution in [0.15, 0.2) is 42.5 Å². The zero-order chi connectivity index (χ0) is 13.1. The fraction of sp³-hybridized carbons (Fsp3) is 0.200. The molecule has 2 rings (SSSR count). The van der Waals surface area contributed by atoms with E-state index in [9.17, 15) is 9.50 Å². The second-order valence-corrected chi connectivity index (χ2v) is 4.85. The average Bonchev–Trinajstić information content (AvgIpc) is 2.27. The molecule has 0 saturated heterocycles. The van der Waals surface area contributed by atoms with Gasteiger partial charge in [-0.1, -0.05) is 29.8 Å². The summed E-state index contributed by atoms with van der Waals surface area (Å²) in [4.78, 5) is 0. The molecule has 0 amide bonds. The van der Waals surface area contributed by atoms with Gasteiger partial charge in [0.05, 0.1) is 6.10 Å². The molecule has 0 saturated carbocycles. The number of rotatable bonds is 3.